The van der Waals surface area contributed by atoms with Crippen molar-refractivity contribution in [3.63, 3.8) is 0 Å². The van der Waals surface area contributed by atoms with Gasteiger partial charge in [-0.15, -0.1) is 0 Å². The van der Waals surface area contributed by atoms with Gasteiger partial charge in [-0.1, -0.05) is 62.2 Å². The van der Waals surface area contributed by atoms with E-state index in [1.165, 1.54) is 7.11 Å². The van der Waals surface area contributed by atoms with E-state index in [-0.39, 0.29) is 11.9 Å². The molecule has 0 N–H and O–H groups in total. The van der Waals surface area contributed by atoms with Gasteiger partial charge in [0, 0.05) is 9.80 Å². The molecular weight excluding hydrogens is 372 g/mol. The summed E-state index contributed by atoms with van der Waals surface area (Å²) in [6.07, 6.45) is 0.721. The topological polar surface area (TPSA) is 26.3 Å². The lowest BCUT2D eigenvalue weighted by molar-refractivity contribution is -0.142. The molecule has 0 saturated carbocycles. The van der Waals surface area contributed by atoms with Crippen LogP contribution in [0, 0.1) is 0 Å². The van der Waals surface area contributed by atoms with Crippen LogP contribution in [0.15, 0.2) is 40.9 Å². The molecule has 0 bridgehead atoms. The molecule has 19 heavy (non-hydrogen) atoms. The van der Waals surface area contributed by atoms with E-state index in [0.717, 1.165) is 32.6 Å². The Kier molecular flexibility index (Phi) is 4.99. The zero-order chi connectivity index (χ0) is 13.8. The van der Waals surface area contributed by atoms with Crippen molar-refractivity contribution in [2.75, 3.05) is 12.4 Å². The lowest BCUT2D eigenvalue weighted by Crippen LogP contribution is -2.15. The van der Waals surface area contributed by atoms with Gasteiger partial charge in [0.2, 0.25) is 0 Å². The maximum absolute atomic E-state index is 12.0. The van der Waals surface area contributed by atoms with Crippen LogP contribution in [-0.4, -0.2) is 18.4 Å². The number of carbonyl (C=O) groups excluding carboxylic acids is 1. The molecular formula is C15H14Br2O2. The lowest BCUT2D eigenvalue weighted by Gasteiger charge is -2.16. The van der Waals surface area contributed by atoms with Gasteiger partial charge in [0.1, 0.15) is 0 Å². The molecule has 4 heteroatoms. The van der Waals surface area contributed by atoms with Gasteiger partial charge in [0.25, 0.3) is 0 Å². The van der Waals surface area contributed by atoms with E-state index in [4.69, 9.17) is 4.74 Å². The van der Waals surface area contributed by atoms with Gasteiger partial charge >= 0.3 is 5.97 Å². The SMILES string of the molecule is COC(=O)C(CCBr)c1ccc(Br)c2ccccc12. The Hall–Kier alpha value is -0.870. The summed E-state index contributed by atoms with van der Waals surface area (Å²) in [5.41, 5.74) is 1.02. The molecule has 0 spiro atoms. The first-order chi connectivity index (χ1) is 9.19. The Bertz CT molecular complexity index is 596. The molecule has 2 rings (SSSR count). The predicted molar refractivity (Wildman–Crippen MR) is 84.8 cm³/mol. The van der Waals surface area contributed by atoms with Crippen molar-refractivity contribution in [3.8, 4) is 0 Å². The van der Waals surface area contributed by atoms with Crippen molar-refractivity contribution in [2.45, 2.75) is 12.3 Å². The first-order valence-electron chi connectivity index (χ1n) is 6.00. The highest BCUT2D eigenvalue weighted by atomic mass is 79.9. The molecule has 0 aliphatic carbocycles. The molecule has 1 unspecified atom stereocenters. The van der Waals surface area contributed by atoms with Crippen LogP contribution in [0.25, 0.3) is 10.8 Å². The minimum Gasteiger partial charge on any atom is -0.469 e. The number of hydrogen-bond acceptors (Lipinski definition) is 2. The number of halogens is 2. The van der Waals surface area contributed by atoms with Crippen molar-refractivity contribution < 1.29 is 9.53 Å². The first-order valence-corrected chi connectivity index (χ1v) is 7.91. The molecule has 0 aliphatic heterocycles. The fraction of sp³-hybridized carbons (Fsp3) is 0.267. The van der Waals surface area contributed by atoms with Crippen LogP contribution >= 0.6 is 31.9 Å². The Labute approximate surface area is 129 Å². The van der Waals surface area contributed by atoms with Crippen molar-refractivity contribution in [1.29, 1.82) is 0 Å². The van der Waals surface area contributed by atoms with Crippen molar-refractivity contribution in [2.24, 2.45) is 0 Å². The first kappa shape index (κ1) is 14.5. The van der Waals surface area contributed by atoms with Gasteiger partial charge in [-0.25, -0.2) is 0 Å². The number of benzene rings is 2. The summed E-state index contributed by atoms with van der Waals surface area (Å²) in [4.78, 5) is 12.0. The molecule has 0 saturated heterocycles. The van der Waals surface area contributed by atoms with Crippen LogP contribution in [0.5, 0.6) is 0 Å². The van der Waals surface area contributed by atoms with Gasteiger partial charge in [-0.05, 0) is 28.8 Å². The summed E-state index contributed by atoms with van der Waals surface area (Å²) in [5.74, 6) is -0.422. The summed E-state index contributed by atoms with van der Waals surface area (Å²) in [6, 6.07) is 12.1. The third kappa shape index (κ3) is 3.00. The highest BCUT2D eigenvalue weighted by molar-refractivity contribution is 9.10. The number of esters is 1. The van der Waals surface area contributed by atoms with Crippen LogP contribution in [0.3, 0.4) is 0 Å². The van der Waals surface area contributed by atoms with Gasteiger partial charge in [-0.3, -0.25) is 4.79 Å². The van der Waals surface area contributed by atoms with E-state index in [0.29, 0.717) is 0 Å². The standard InChI is InChI=1S/C15H14Br2O2/c1-19-15(18)13(8-9-16)11-6-7-14(17)12-5-3-2-4-10(11)12/h2-7,13H,8-9H2,1H3. The van der Waals surface area contributed by atoms with Crippen LogP contribution in [0.1, 0.15) is 17.9 Å². The minimum absolute atomic E-state index is 0.188. The Morgan fingerprint density at radius 1 is 1.21 bits per heavy atom. The second kappa shape index (κ2) is 6.53. The van der Waals surface area contributed by atoms with Crippen molar-refractivity contribution in [1.82, 2.24) is 0 Å². The molecule has 2 aromatic carbocycles. The molecule has 0 fully saturated rings. The van der Waals surface area contributed by atoms with Crippen LogP contribution in [0.2, 0.25) is 0 Å². The number of methoxy groups -OCH3 is 1. The van der Waals surface area contributed by atoms with Crippen LogP contribution in [0.4, 0.5) is 0 Å². The number of hydrogen-bond donors (Lipinski definition) is 0. The molecule has 0 heterocycles. The Balaban J connectivity index is 2.60. The van der Waals surface area contributed by atoms with E-state index in [1.807, 2.05) is 36.4 Å². The van der Waals surface area contributed by atoms with Crippen LogP contribution in [-0.2, 0) is 9.53 Å². The number of carbonyl (C=O) groups is 1. The molecule has 100 valence electrons. The van der Waals surface area contributed by atoms with Crippen molar-refractivity contribution in [3.05, 3.63) is 46.4 Å². The number of ether oxygens (including phenoxy) is 1. The number of rotatable bonds is 4. The molecule has 2 nitrogen and oxygen atoms in total. The van der Waals surface area contributed by atoms with Crippen LogP contribution < -0.4 is 0 Å². The van der Waals surface area contributed by atoms with E-state index < -0.39 is 0 Å². The highest BCUT2D eigenvalue weighted by Gasteiger charge is 2.23. The molecule has 0 radical (unpaired) electrons. The summed E-state index contributed by atoms with van der Waals surface area (Å²) < 4.78 is 5.96. The molecule has 1 atom stereocenters. The fourth-order valence-electron chi connectivity index (χ4n) is 2.24. The third-order valence-electron chi connectivity index (χ3n) is 3.16. The fourth-order valence-corrected chi connectivity index (χ4v) is 3.18. The van der Waals surface area contributed by atoms with Gasteiger partial charge in [0.15, 0.2) is 0 Å². The highest BCUT2D eigenvalue weighted by Crippen LogP contribution is 2.33. The average molecular weight is 386 g/mol. The second-order valence-corrected chi connectivity index (χ2v) is 5.88. The summed E-state index contributed by atoms with van der Waals surface area (Å²) >= 11 is 6.95. The summed E-state index contributed by atoms with van der Waals surface area (Å²) in [7, 11) is 1.44. The Morgan fingerprint density at radius 3 is 2.53 bits per heavy atom. The number of alkyl halides is 1. The Morgan fingerprint density at radius 2 is 1.89 bits per heavy atom. The monoisotopic (exact) mass is 384 g/mol. The summed E-state index contributed by atoms with van der Waals surface area (Å²) in [5, 5.41) is 2.97. The zero-order valence-corrected chi connectivity index (χ0v) is 13.7. The molecule has 0 aromatic heterocycles. The van der Waals surface area contributed by atoms with Gasteiger partial charge in [-0.2, -0.15) is 0 Å². The zero-order valence-electron chi connectivity index (χ0n) is 10.5. The van der Waals surface area contributed by atoms with E-state index in [2.05, 4.69) is 31.9 Å². The quantitative estimate of drug-likeness (QED) is 0.565. The van der Waals surface area contributed by atoms with Gasteiger partial charge < -0.3 is 4.74 Å². The average Bonchev–Trinajstić information content (AvgIpc) is 2.45. The lowest BCUT2D eigenvalue weighted by atomic mass is 9.91. The maximum atomic E-state index is 12.0. The smallest absolute Gasteiger partial charge is 0.313 e. The molecule has 0 amide bonds. The molecule has 0 aliphatic rings. The van der Waals surface area contributed by atoms with E-state index in [9.17, 15) is 4.79 Å². The third-order valence-corrected chi connectivity index (χ3v) is 4.31. The second-order valence-electron chi connectivity index (χ2n) is 4.24. The summed E-state index contributed by atoms with van der Waals surface area (Å²) in [6.45, 7) is 0. The normalized spacial score (nSPS) is 12.4. The van der Waals surface area contributed by atoms with Crippen molar-refractivity contribution >= 4 is 48.6 Å². The predicted octanol–water partition coefficient (Wildman–Crippen LogP) is 4.64. The molecule has 2 aromatic rings. The largest absolute Gasteiger partial charge is 0.469 e. The minimum atomic E-state index is -0.234. The van der Waals surface area contributed by atoms with Gasteiger partial charge in [0.05, 0.1) is 13.0 Å². The number of fused-ring (bicyclic) bond motifs is 1. The van der Waals surface area contributed by atoms with E-state index >= 15 is 0 Å². The van der Waals surface area contributed by atoms with E-state index in [1.54, 1.807) is 0 Å². The maximum Gasteiger partial charge on any atom is 0.313 e.